The van der Waals surface area contributed by atoms with Gasteiger partial charge in [-0.1, -0.05) is 36.4 Å². The summed E-state index contributed by atoms with van der Waals surface area (Å²) in [4.78, 5) is 19.5. The van der Waals surface area contributed by atoms with Crippen LogP contribution in [0, 0.1) is 0 Å². The van der Waals surface area contributed by atoms with Crippen molar-refractivity contribution in [1.82, 2.24) is 9.88 Å². The summed E-state index contributed by atoms with van der Waals surface area (Å²) in [6.07, 6.45) is 3.12. The van der Waals surface area contributed by atoms with Gasteiger partial charge in [-0.05, 0) is 42.5 Å². The summed E-state index contributed by atoms with van der Waals surface area (Å²) < 4.78 is 1.18. The Morgan fingerprint density at radius 2 is 2.00 bits per heavy atom. The summed E-state index contributed by atoms with van der Waals surface area (Å²) in [5.74, 6) is 0.204. The molecule has 0 bridgehead atoms. The Hall–Kier alpha value is -2.20. The first-order valence-corrected chi connectivity index (χ1v) is 9.21. The van der Waals surface area contributed by atoms with Crippen molar-refractivity contribution in [2.75, 3.05) is 7.05 Å². The zero-order valence-corrected chi connectivity index (χ0v) is 14.6. The van der Waals surface area contributed by atoms with E-state index in [2.05, 4.69) is 29.2 Å². The molecule has 1 heterocycles. The van der Waals surface area contributed by atoms with Gasteiger partial charge in [-0.15, -0.1) is 11.3 Å². The molecular formula is C20H20N2OS. The average molecular weight is 336 g/mol. The largest absolute Gasteiger partial charge is 0.338 e. The highest BCUT2D eigenvalue weighted by atomic mass is 32.1. The number of fused-ring (bicyclic) bond motifs is 2. The summed E-state index contributed by atoms with van der Waals surface area (Å²) in [5.41, 5.74) is 3.56. The predicted octanol–water partition coefficient (Wildman–Crippen LogP) is 4.37. The first-order valence-electron chi connectivity index (χ1n) is 8.39. The highest BCUT2D eigenvalue weighted by Crippen LogP contribution is 2.33. The molecule has 1 amide bonds. The van der Waals surface area contributed by atoms with Crippen molar-refractivity contribution in [2.24, 2.45) is 0 Å². The number of thiazole rings is 1. The molecule has 3 nitrogen and oxygen atoms in total. The first kappa shape index (κ1) is 15.3. The smallest absolute Gasteiger partial charge is 0.230 e. The molecule has 1 aromatic heterocycles. The Balaban J connectivity index is 1.54. The van der Waals surface area contributed by atoms with Crippen LogP contribution in [0.15, 0.2) is 48.5 Å². The van der Waals surface area contributed by atoms with E-state index < -0.39 is 0 Å². The molecule has 0 aliphatic heterocycles. The van der Waals surface area contributed by atoms with Crippen LogP contribution in [0.25, 0.3) is 10.2 Å². The van der Waals surface area contributed by atoms with E-state index in [1.54, 1.807) is 11.3 Å². The maximum absolute atomic E-state index is 13.0. The number of amides is 1. The number of benzene rings is 2. The lowest BCUT2D eigenvalue weighted by atomic mass is 9.82. The number of carbonyl (C=O) groups is 1. The molecule has 0 fully saturated rings. The van der Waals surface area contributed by atoms with Gasteiger partial charge in [0.25, 0.3) is 0 Å². The monoisotopic (exact) mass is 336 g/mol. The minimum Gasteiger partial charge on any atom is -0.338 e. The van der Waals surface area contributed by atoms with Crippen molar-refractivity contribution in [2.45, 2.75) is 31.7 Å². The fourth-order valence-corrected chi connectivity index (χ4v) is 4.57. The third-order valence-corrected chi connectivity index (χ3v) is 5.78. The molecule has 0 saturated carbocycles. The lowest BCUT2D eigenvalue weighted by molar-refractivity contribution is -0.132. The molecule has 24 heavy (non-hydrogen) atoms. The fourth-order valence-electron chi connectivity index (χ4n) is 3.54. The number of nitrogens with zero attached hydrogens (tertiary/aromatic N) is 2. The molecule has 3 aromatic rings. The quantitative estimate of drug-likeness (QED) is 0.711. The topological polar surface area (TPSA) is 33.2 Å². The molecule has 0 spiro atoms. The molecule has 1 aliphatic rings. The summed E-state index contributed by atoms with van der Waals surface area (Å²) in [5, 5.41) is 0.996. The van der Waals surface area contributed by atoms with Gasteiger partial charge >= 0.3 is 0 Å². The average Bonchev–Trinajstić information content (AvgIpc) is 3.02. The van der Waals surface area contributed by atoms with Crippen LogP contribution in [-0.4, -0.2) is 22.8 Å². The number of hydrogen-bond acceptors (Lipinski definition) is 3. The number of rotatable bonds is 3. The standard InChI is InChI=1S/C20H20N2OS/c1-22(13-19-21-17-11-4-5-12-18(17)24-19)20(23)16-10-6-8-14-7-2-3-9-15(14)16/h2-5,7,9,11-12,16H,6,8,10,13H2,1H3. The van der Waals surface area contributed by atoms with Crippen molar-refractivity contribution < 1.29 is 4.79 Å². The van der Waals surface area contributed by atoms with Gasteiger partial charge in [0, 0.05) is 7.05 Å². The van der Waals surface area contributed by atoms with E-state index in [1.165, 1.54) is 15.8 Å². The number of aromatic nitrogens is 1. The van der Waals surface area contributed by atoms with Crippen LogP contribution >= 0.6 is 11.3 Å². The molecule has 1 unspecified atom stereocenters. The van der Waals surface area contributed by atoms with Crippen molar-refractivity contribution in [3.8, 4) is 0 Å². The maximum Gasteiger partial charge on any atom is 0.230 e. The van der Waals surface area contributed by atoms with Crippen LogP contribution in [-0.2, 0) is 17.8 Å². The van der Waals surface area contributed by atoms with Gasteiger partial charge in [-0.25, -0.2) is 4.98 Å². The van der Waals surface area contributed by atoms with Gasteiger partial charge in [-0.3, -0.25) is 4.79 Å². The molecule has 0 N–H and O–H groups in total. The zero-order valence-electron chi connectivity index (χ0n) is 13.7. The Labute approximate surface area is 146 Å². The molecule has 0 saturated heterocycles. The van der Waals surface area contributed by atoms with Crippen molar-refractivity contribution >= 4 is 27.5 Å². The minimum absolute atomic E-state index is 0.00525. The van der Waals surface area contributed by atoms with Crippen LogP contribution < -0.4 is 0 Å². The highest BCUT2D eigenvalue weighted by molar-refractivity contribution is 7.18. The van der Waals surface area contributed by atoms with Crippen molar-refractivity contribution in [3.63, 3.8) is 0 Å². The summed E-state index contributed by atoms with van der Waals surface area (Å²) >= 11 is 1.67. The lowest BCUT2D eigenvalue weighted by Crippen LogP contribution is -2.33. The van der Waals surface area contributed by atoms with Crippen LogP contribution in [0.3, 0.4) is 0 Å². The van der Waals surface area contributed by atoms with E-state index in [1.807, 2.05) is 36.2 Å². The van der Waals surface area contributed by atoms with Gasteiger partial charge in [0.1, 0.15) is 5.01 Å². The molecule has 0 radical (unpaired) electrons. The van der Waals surface area contributed by atoms with E-state index in [-0.39, 0.29) is 11.8 Å². The van der Waals surface area contributed by atoms with E-state index in [0.717, 1.165) is 29.8 Å². The Kier molecular flexibility index (Phi) is 4.07. The van der Waals surface area contributed by atoms with Gasteiger partial charge < -0.3 is 4.90 Å². The van der Waals surface area contributed by atoms with E-state index >= 15 is 0 Å². The summed E-state index contributed by atoms with van der Waals surface area (Å²) in [7, 11) is 1.89. The lowest BCUT2D eigenvalue weighted by Gasteiger charge is -2.28. The molecule has 4 rings (SSSR count). The van der Waals surface area contributed by atoms with Gasteiger partial charge in [0.05, 0.1) is 22.7 Å². The Morgan fingerprint density at radius 1 is 1.21 bits per heavy atom. The number of likely N-dealkylation sites (N-methyl/N-ethyl adjacent to an activating group) is 1. The predicted molar refractivity (Wildman–Crippen MR) is 98.2 cm³/mol. The second kappa shape index (κ2) is 6.36. The number of aryl methyl sites for hydroxylation is 1. The normalized spacial score (nSPS) is 16.8. The van der Waals surface area contributed by atoms with Crippen LogP contribution in [0.2, 0.25) is 0 Å². The van der Waals surface area contributed by atoms with Gasteiger partial charge in [0.15, 0.2) is 0 Å². The highest BCUT2D eigenvalue weighted by Gasteiger charge is 2.28. The summed E-state index contributed by atoms with van der Waals surface area (Å²) in [6, 6.07) is 16.5. The summed E-state index contributed by atoms with van der Waals surface area (Å²) in [6.45, 7) is 0.580. The van der Waals surface area contributed by atoms with Crippen LogP contribution in [0.5, 0.6) is 0 Å². The SMILES string of the molecule is CN(Cc1nc2ccccc2s1)C(=O)C1CCCc2ccccc21. The Morgan fingerprint density at radius 3 is 2.88 bits per heavy atom. The molecule has 1 aliphatic carbocycles. The molecule has 4 heteroatoms. The third-order valence-electron chi connectivity index (χ3n) is 4.75. The molecule has 2 aromatic carbocycles. The van der Waals surface area contributed by atoms with E-state index in [4.69, 9.17) is 0 Å². The van der Waals surface area contributed by atoms with Crippen LogP contribution in [0.4, 0.5) is 0 Å². The second-order valence-corrected chi connectivity index (χ2v) is 7.53. The third kappa shape index (κ3) is 2.82. The van der Waals surface area contributed by atoms with Crippen LogP contribution in [0.1, 0.15) is 34.9 Å². The van der Waals surface area contributed by atoms with Gasteiger partial charge in [-0.2, -0.15) is 0 Å². The molecular weight excluding hydrogens is 316 g/mol. The van der Waals surface area contributed by atoms with Gasteiger partial charge in [0.2, 0.25) is 5.91 Å². The number of hydrogen-bond donors (Lipinski definition) is 0. The maximum atomic E-state index is 13.0. The van der Waals surface area contributed by atoms with E-state index in [9.17, 15) is 4.79 Å². The minimum atomic E-state index is -0.00525. The first-order chi connectivity index (χ1) is 11.7. The zero-order chi connectivity index (χ0) is 16.5. The number of carbonyl (C=O) groups excluding carboxylic acids is 1. The van der Waals surface area contributed by atoms with E-state index in [0.29, 0.717) is 6.54 Å². The Bertz CT molecular complexity index is 853. The fraction of sp³-hybridized carbons (Fsp3) is 0.300. The molecule has 122 valence electrons. The molecule has 1 atom stereocenters. The van der Waals surface area contributed by atoms with Crippen molar-refractivity contribution in [3.05, 3.63) is 64.7 Å². The van der Waals surface area contributed by atoms with Crippen molar-refractivity contribution in [1.29, 1.82) is 0 Å². The number of para-hydroxylation sites is 1. The second-order valence-electron chi connectivity index (χ2n) is 6.41.